The normalized spacial score (nSPS) is 15.4. The van der Waals surface area contributed by atoms with Gasteiger partial charge in [0, 0.05) is 25.0 Å². The van der Waals surface area contributed by atoms with E-state index in [1.54, 1.807) is 0 Å². The third-order valence-electron chi connectivity index (χ3n) is 3.26. The Morgan fingerprint density at radius 1 is 1.29 bits per heavy atom. The van der Waals surface area contributed by atoms with Crippen molar-refractivity contribution in [3.8, 4) is 0 Å². The molecule has 0 unspecified atom stereocenters. The molecule has 17 heavy (non-hydrogen) atoms. The van der Waals surface area contributed by atoms with Crippen LogP contribution in [0.25, 0.3) is 0 Å². The highest BCUT2D eigenvalue weighted by molar-refractivity contribution is 5.09. The molecule has 0 aliphatic heterocycles. The summed E-state index contributed by atoms with van der Waals surface area (Å²) in [7, 11) is 2.21. The van der Waals surface area contributed by atoms with Crippen molar-refractivity contribution < 1.29 is 0 Å². The van der Waals surface area contributed by atoms with E-state index in [2.05, 4.69) is 34.4 Å². The van der Waals surface area contributed by atoms with Crippen LogP contribution in [0.4, 0.5) is 0 Å². The van der Waals surface area contributed by atoms with Crippen LogP contribution in [-0.2, 0) is 6.42 Å². The predicted octanol–water partition coefficient (Wildman–Crippen LogP) is 1.70. The Morgan fingerprint density at radius 3 is 2.76 bits per heavy atom. The zero-order valence-electron chi connectivity index (χ0n) is 10.7. The van der Waals surface area contributed by atoms with Gasteiger partial charge in [-0.3, -0.25) is 4.98 Å². The predicted molar refractivity (Wildman–Crippen MR) is 71.1 cm³/mol. The quantitative estimate of drug-likeness (QED) is 0.693. The van der Waals surface area contributed by atoms with Crippen molar-refractivity contribution in [1.82, 2.24) is 15.2 Å². The standard InChI is InChI=1S/C14H23N3/c1-17(11-2-8-16-14-3-4-14)12-7-13-5-9-15-10-6-13/h5-6,9-10,14,16H,2-4,7-8,11-12H2,1H3. The van der Waals surface area contributed by atoms with Crippen LogP contribution in [0.5, 0.6) is 0 Å². The van der Waals surface area contributed by atoms with Crippen molar-refractivity contribution in [2.75, 3.05) is 26.7 Å². The molecule has 2 rings (SSSR count). The molecule has 0 saturated heterocycles. The van der Waals surface area contributed by atoms with E-state index in [-0.39, 0.29) is 0 Å². The second kappa shape index (κ2) is 6.72. The lowest BCUT2D eigenvalue weighted by Gasteiger charge is -2.16. The van der Waals surface area contributed by atoms with E-state index in [9.17, 15) is 0 Å². The molecule has 1 saturated carbocycles. The molecule has 1 fully saturated rings. The van der Waals surface area contributed by atoms with E-state index in [1.165, 1.54) is 37.9 Å². The first-order valence-corrected chi connectivity index (χ1v) is 6.65. The fourth-order valence-corrected chi connectivity index (χ4v) is 1.92. The molecule has 0 aromatic carbocycles. The molecular formula is C14H23N3. The Labute approximate surface area is 104 Å². The van der Waals surface area contributed by atoms with E-state index >= 15 is 0 Å². The molecule has 0 radical (unpaired) electrons. The smallest absolute Gasteiger partial charge is 0.0270 e. The lowest BCUT2D eigenvalue weighted by atomic mass is 10.2. The molecule has 1 N–H and O–H groups in total. The van der Waals surface area contributed by atoms with Crippen LogP contribution < -0.4 is 5.32 Å². The van der Waals surface area contributed by atoms with Gasteiger partial charge in [0.1, 0.15) is 0 Å². The summed E-state index contributed by atoms with van der Waals surface area (Å²) in [5, 5.41) is 3.55. The van der Waals surface area contributed by atoms with Crippen molar-refractivity contribution in [1.29, 1.82) is 0 Å². The van der Waals surface area contributed by atoms with Gasteiger partial charge >= 0.3 is 0 Å². The van der Waals surface area contributed by atoms with Gasteiger partial charge in [0.2, 0.25) is 0 Å². The van der Waals surface area contributed by atoms with Gasteiger partial charge in [-0.25, -0.2) is 0 Å². The van der Waals surface area contributed by atoms with Crippen molar-refractivity contribution in [2.45, 2.75) is 31.7 Å². The highest BCUT2D eigenvalue weighted by Crippen LogP contribution is 2.18. The number of rotatable bonds is 8. The van der Waals surface area contributed by atoms with Gasteiger partial charge in [-0.15, -0.1) is 0 Å². The van der Waals surface area contributed by atoms with Gasteiger partial charge in [0.25, 0.3) is 0 Å². The Kier molecular flexibility index (Phi) is 4.95. The van der Waals surface area contributed by atoms with Gasteiger partial charge in [-0.05, 0) is 63.5 Å². The number of nitrogens with zero attached hydrogens (tertiary/aromatic N) is 2. The maximum Gasteiger partial charge on any atom is 0.0270 e. The molecular weight excluding hydrogens is 210 g/mol. The van der Waals surface area contributed by atoms with Gasteiger partial charge in [-0.2, -0.15) is 0 Å². The summed E-state index contributed by atoms with van der Waals surface area (Å²) in [5.74, 6) is 0. The highest BCUT2D eigenvalue weighted by atomic mass is 15.1. The number of pyridine rings is 1. The largest absolute Gasteiger partial charge is 0.314 e. The molecule has 3 nitrogen and oxygen atoms in total. The maximum atomic E-state index is 4.03. The Morgan fingerprint density at radius 2 is 2.06 bits per heavy atom. The number of hydrogen-bond donors (Lipinski definition) is 1. The third kappa shape index (κ3) is 5.29. The first-order chi connectivity index (χ1) is 8.34. The van der Waals surface area contributed by atoms with E-state index in [0.717, 1.165) is 19.0 Å². The Balaban J connectivity index is 1.52. The average molecular weight is 233 g/mol. The fourth-order valence-electron chi connectivity index (χ4n) is 1.92. The summed E-state index contributed by atoms with van der Waals surface area (Å²) in [6, 6.07) is 5.04. The molecule has 1 aliphatic rings. The minimum Gasteiger partial charge on any atom is -0.314 e. The van der Waals surface area contributed by atoms with E-state index in [4.69, 9.17) is 0 Å². The summed E-state index contributed by atoms with van der Waals surface area (Å²) in [4.78, 5) is 6.45. The first-order valence-electron chi connectivity index (χ1n) is 6.65. The molecule has 94 valence electrons. The number of aromatic nitrogens is 1. The summed E-state index contributed by atoms with van der Waals surface area (Å²) in [5.41, 5.74) is 1.38. The van der Waals surface area contributed by atoms with Gasteiger partial charge < -0.3 is 10.2 Å². The van der Waals surface area contributed by atoms with Crippen LogP contribution in [0, 0.1) is 0 Å². The molecule has 1 heterocycles. The second-order valence-corrected chi connectivity index (χ2v) is 4.99. The van der Waals surface area contributed by atoms with Crippen LogP contribution in [0.1, 0.15) is 24.8 Å². The summed E-state index contributed by atoms with van der Waals surface area (Å²) < 4.78 is 0. The minimum atomic E-state index is 0.845. The summed E-state index contributed by atoms with van der Waals surface area (Å²) in [6.45, 7) is 3.49. The molecule has 3 heteroatoms. The van der Waals surface area contributed by atoms with E-state index < -0.39 is 0 Å². The SMILES string of the molecule is CN(CCCNC1CC1)CCc1ccncc1. The summed E-state index contributed by atoms with van der Waals surface area (Å²) in [6.07, 6.45) is 8.89. The lowest BCUT2D eigenvalue weighted by molar-refractivity contribution is 0.330. The molecule has 1 aromatic rings. The number of likely N-dealkylation sites (N-methyl/N-ethyl adjacent to an activating group) is 1. The molecule has 0 atom stereocenters. The molecule has 0 amide bonds. The second-order valence-electron chi connectivity index (χ2n) is 4.99. The number of hydrogen-bond acceptors (Lipinski definition) is 3. The van der Waals surface area contributed by atoms with Crippen molar-refractivity contribution in [2.24, 2.45) is 0 Å². The van der Waals surface area contributed by atoms with Crippen molar-refractivity contribution in [3.63, 3.8) is 0 Å². The minimum absolute atomic E-state index is 0.845. The highest BCUT2D eigenvalue weighted by Gasteiger charge is 2.19. The zero-order chi connectivity index (χ0) is 11.9. The van der Waals surface area contributed by atoms with Crippen LogP contribution in [0.3, 0.4) is 0 Å². The van der Waals surface area contributed by atoms with E-state index in [1.807, 2.05) is 12.4 Å². The van der Waals surface area contributed by atoms with Crippen molar-refractivity contribution in [3.05, 3.63) is 30.1 Å². The van der Waals surface area contributed by atoms with Crippen molar-refractivity contribution >= 4 is 0 Å². The summed E-state index contributed by atoms with van der Waals surface area (Å²) >= 11 is 0. The molecule has 0 spiro atoms. The molecule has 1 aliphatic carbocycles. The average Bonchev–Trinajstić information content (AvgIpc) is 3.17. The number of nitrogens with one attached hydrogen (secondary N) is 1. The molecule has 0 bridgehead atoms. The lowest BCUT2D eigenvalue weighted by Crippen LogP contribution is -2.26. The Bertz CT molecular complexity index is 309. The molecule has 1 aromatic heterocycles. The van der Waals surface area contributed by atoms with Gasteiger partial charge in [0.15, 0.2) is 0 Å². The Hall–Kier alpha value is -0.930. The van der Waals surface area contributed by atoms with Crippen LogP contribution in [0.15, 0.2) is 24.5 Å². The first kappa shape index (κ1) is 12.5. The van der Waals surface area contributed by atoms with Crippen LogP contribution in [0.2, 0.25) is 0 Å². The van der Waals surface area contributed by atoms with Crippen LogP contribution >= 0.6 is 0 Å². The topological polar surface area (TPSA) is 28.2 Å². The zero-order valence-corrected chi connectivity index (χ0v) is 10.7. The monoisotopic (exact) mass is 233 g/mol. The van der Waals surface area contributed by atoms with E-state index in [0.29, 0.717) is 0 Å². The third-order valence-corrected chi connectivity index (χ3v) is 3.26. The maximum absolute atomic E-state index is 4.03. The van der Waals surface area contributed by atoms with Gasteiger partial charge in [-0.1, -0.05) is 0 Å². The van der Waals surface area contributed by atoms with Gasteiger partial charge in [0.05, 0.1) is 0 Å². The van der Waals surface area contributed by atoms with Crippen LogP contribution in [-0.4, -0.2) is 42.6 Å². The fraction of sp³-hybridized carbons (Fsp3) is 0.643.